The highest BCUT2D eigenvalue weighted by Gasteiger charge is 2.21. The van der Waals surface area contributed by atoms with Gasteiger partial charge in [-0.3, -0.25) is 4.79 Å². The molecule has 0 aromatic heterocycles. The first-order chi connectivity index (χ1) is 9.95. The number of rotatable bonds is 4. The maximum atomic E-state index is 12.8. The summed E-state index contributed by atoms with van der Waals surface area (Å²) in [6, 6.07) is 10.4. The van der Waals surface area contributed by atoms with Crippen LogP contribution in [0.15, 0.2) is 36.4 Å². The molecule has 0 aliphatic rings. The topological polar surface area (TPSA) is 52.3 Å². The molecule has 2 aromatic rings. The molecule has 0 heterocycles. The minimum Gasteiger partial charge on any atom is -0.496 e. The third-order valence-corrected chi connectivity index (χ3v) is 3.60. The predicted octanol–water partition coefficient (Wildman–Crippen LogP) is 4.29. The molecule has 0 saturated carbocycles. The van der Waals surface area contributed by atoms with Gasteiger partial charge in [0.25, 0.3) is 0 Å². The molecule has 0 atom stereocenters. The SMILES string of the molecule is COc1cccc(C(=O)c2cc(Cl)ccc2N)c1C(C)C. The van der Waals surface area contributed by atoms with Crippen LogP contribution < -0.4 is 10.5 Å². The van der Waals surface area contributed by atoms with Gasteiger partial charge in [-0.05, 0) is 30.2 Å². The molecule has 2 N–H and O–H groups in total. The number of carbonyl (C=O) groups excluding carboxylic acids is 1. The van der Waals surface area contributed by atoms with E-state index in [0.29, 0.717) is 27.6 Å². The fourth-order valence-corrected chi connectivity index (χ4v) is 2.56. The van der Waals surface area contributed by atoms with Crippen molar-refractivity contribution in [1.29, 1.82) is 0 Å². The highest BCUT2D eigenvalue weighted by molar-refractivity contribution is 6.31. The number of ether oxygens (including phenoxy) is 1. The summed E-state index contributed by atoms with van der Waals surface area (Å²) in [5.74, 6) is 0.717. The Morgan fingerprint density at radius 3 is 2.52 bits per heavy atom. The molecule has 0 saturated heterocycles. The highest BCUT2D eigenvalue weighted by Crippen LogP contribution is 2.32. The standard InChI is InChI=1S/C17H18ClNO2/c1-10(2)16-12(5-4-6-15(16)21-3)17(20)13-9-11(18)7-8-14(13)19/h4-10H,19H2,1-3H3. The van der Waals surface area contributed by atoms with Crippen molar-refractivity contribution in [2.24, 2.45) is 0 Å². The number of ketones is 1. The molecule has 3 nitrogen and oxygen atoms in total. The first-order valence-corrected chi connectivity index (χ1v) is 7.10. The van der Waals surface area contributed by atoms with Crippen LogP contribution in [0.3, 0.4) is 0 Å². The lowest BCUT2D eigenvalue weighted by Gasteiger charge is -2.16. The van der Waals surface area contributed by atoms with Gasteiger partial charge in [-0.2, -0.15) is 0 Å². The second-order valence-corrected chi connectivity index (χ2v) is 5.57. The summed E-state index contributed by atoms with van der Waals surface area (Å²) >= 11 is 5.98. The van der Waals surface area contributed by atoms with Gasteiger partial charge in [0.2, 0.25) is 0 Å². The van der Waals surface area contributed by atoms with Gasteiger partial charge in [0.05, 0.1) is 7.11 Å². The zero-order valence-electron chi connectivity index (χ0n) is 12.3. The average molecular weight is 304 g/mol. The van der Waals surface area contributed by atoms with Crippen LogP contribution in [0.4, 0.5) is 5.69 Å². The molecule has 4 heteroatoms. The molecule has 0 amide bonds. The Kier molecular flexibility index (Phi) is 4.53. The van der Waals surface area contributed by atoms with Gasteiger partial charge in [-0.15, -0.1) is 0 Å². The minimum atomic E-state index is -0.141. The van der Waals surface area contributed by atoms with Crippen LogP contribution >= 0.6 is 11.6 Å². The lowest BCUT2D eigenvalue weighted by Crippen LogP contribution is -2.10. The van der Waals surface area contributed by atoms with E-state index in [1.165, 1.54) is 0 Å². The van der Waals surface area contributed by atoms with E-state index < -0.39 is 0 Å². The maximum absolute atomic E-state index is 12.8. The summed E-state index contributed by atoms with van der Waals surface area (Å²) in [6.45, 7) is 4.05. The molecule has 0 radical (unpaired) electrons. The van der Waals surface area contributed by atoms with E-state index >= 15 is 0 Å². The Balaban J connectivity index is 2.61. The zero-order valence-corrected chi connectivity index (χ0v) is 13.1. The molecule has 21 heavy (non-hydrogen) atoms. The number of hydrogen-bond acceptors (Lipinski definition) is 3. The smallest absolute Gasteiger partial charge is 0.195 e. The molecular weight excluding hydrogens is 286 g/mol. The average Bonchev–Trinajstić information content (AvgIpc) is 2.48. The first kappa shape index (κ1) is 15.4. The van der Waals surface area contributed by atoms with E-state index in [0.717, 1.165) is 5.56 Å². The van der Waals surface area contributed by atoms with Gasteiger partial charge in [-0.25, -0.2) is 0 Å². The molecule has 0 spiro atoms. The van der Waals surface area contributed by atoms with Gasteiger partial charge in [0.1, 0.15) is 5.75 Å². The summed E-state index contributed by atoms with van der Waals surface area (Å²) in [6.07, 6.45) is 0. The monoisotopic (exact) mass is 303 g/mol. The minimum absolute atomic E-state index is 0.141. The van der Waals surface area contributed by atoms with Crippen molar-refractivity contribution in [3.05, 3.63) is 58.1 Å². The molecule has 0 aliphatic heterocycles. The molecule has 110 valence electrons. The summed E-state index contributed by atoms with van der Waals surface area (Å²) in [7, 11) is 1.60. The lowest BCUT2D eigenvalue weighted by atomic mass is 9.91. The number of nitrogens with two attached hydrogens (primary N) is 1. The van der Waals surface area contributed by atoms with Gasteiger partial charge in [0, 0.05) is 27.4 Å². The number of benzene rings is 2. The predicted molar refractivity (Wildman–Crippen MR) is 86.4 cm³/mol. The van der Waals surface area contributed by atoms with Crippen molar-refractivity contribution in [3.63, 3.8) is 0 Å². The molecule has 0 aliphatic carbocycles. The number of anilines is 1. The zero-order chi connectivity index (χ0) is 15.6. The number of hydrogen-bond donors (Lipinski definition) is 1. The number of carbonyl (C=O) groups is 1. The second kappa shape index (κ2) is 6.19. The summed E-state index contributed by atoms with van der Waals surface area (Å²) in [5, 5.41) is 0.488. The van der Waals surface area contributed by atoms with E-state index in [1.54, 1.807) is 37.4 Å². The quantitative estimate of drug-likeness (QED) is 0.677. The van der Waals surface area contributed by atoms with Gasteiger partial charge >= 0.3 is 0 Å². The molecule has 0 unspecified atom stereocenters. The van der Waals surface area contributed by atoms with Crippen LogP contribution in [0.2, 0.25) is 5.02 Å². The number of nitrogen functional groups attached to an aromatic ring is 1. The van der Waals surface area contributed by atoms with Crippen molar-refractivity contribution < 1.29 is 9.53 Å². The normalized spacial score (nSPS) is 10.7. The van der Waals surface area contributed by atoms with Crippen molar-refractivity contribution in [3.8, 4) is 5.75 Å². The van der Waals surface area contributed by atoms with E-state index in [9.17, 15) is 4.79 Å². The van der Waals surface area contributed by atoms with Gasteiger partial charge < -0.3 is 10.5 Å². The largest absolute Gasteiger partial charge is 0.496 e. The molecular formula is C17H18ClNO2. The van der Waals surface area contributed by atoms with Crippen LogP contribution in [0.1, 0.15) is 41.3 Å². The summed E-state index contributed by atoms with van der Waals surface area (Å²) < 4.78 is 5.38. The molecule has 0 bridgehead atoms. The Morgan fingerprint density at radius 1 is 1.19 bits per heavy atom. The Hall–Kier alpha value is -2.00. The van der Waals surface area contributed by atoms with Crippen molar-refractivity contribution in [2.45, 2.75) is 19.8 Å². The van der Waals surface area contributed by atoms with E-state index in [2.05, 4.69) is 0 Å². The fourth-order valence-electron chi connectivity index (χ4n) is 2.39. The van der Waals surface area contributed by atoms with E-state index in [4.69, 9.17) is 22.1 Å². The van der Waals surface area contributed by atoms with Crippen LogP contribution in [-0.4, -0.2) is 12.9 Å². The summed E-state index contributed by atoms with van der Waals surface area (Å²) in [4.78, 5) is 12.8. The molecule has 2 aromatic carbocycles. The molecule has 0 fully saturated rings. The second-order valence-electron chi connectivity index (χ2n) is 5.14. The van der Waals surface area contributed by atoms with Crippen LogP contribution in [-0.2, 0) is 0 Å². The summed E-state index contributed by atoms with van der Waals surface area (Å²) in [5.41, 5.74) is 8.22. The van der Waals surface area contributed by atoms with Gasteiger partial charge in [-0.1, -0.05) is 37.6 Å². The van der Waals surface area contributed by atoms with Crippen LogP contribution in [0.5, 0.6) is 5.75 Å². The molecule has 2 rings (SSSR count). The third kappa shape index (κ3) is 3.03. The van der Waals surface area contributed by atoms with Crippen LogP contribution in [0.25, 0.3) is 0 Å². The highest BCUT2D eigenvalue weighted by atomic mass is 35.5. The Labute approximate surface area is 129 Å². The van der Waals surface area contributed by atoms with Crippen molar-refractivity contribution >= 4 is 23.1 Å². The fraction of sp³-hybridized carbons (Fsp3) is 0.235. The Morgan fingerprint density at radius 2 is 1.90 bits per heavy atom. The first-order valence-electron chi connectivity index (χ1n) is 6.72. The lowest BCUT2D eigenvalue weighted by molar-refractivity contribution is 0.103. The number of methoxy groups -OCH3 is 1. The maximum Gasteiger partial charge on any atom is 0.195 e. The van der Waals surface area contributed by atoms with Gasteiger partial charge in [0.15, 0.2) is 5.78 Å². The third-order valence-electron chi connectivity index (χ3n) is 3.37. The van der Waals surface area contributed by atoms with Crippen LogP contribution in [0, 0.1) is 0 Å². The van der Waals surface area contributed by atoms with Crippen molar-refractivity contribution in [2.75, 3.05) is 12.8 Å². The number of halogens is 1. The van der Waals surface area contributed by atoms with E-state index in [1.807, 2.05) is 19.9 Å². The van der Waals surface area contributed by atoms with Crippen molar-refractivity contribution in [1.82, 2.24) is 0 Å². The van der Waals surface area contributed by atoms with E-state index in [-0.39, 0.29) is 11.7 Å². The Bertz CT molecular complexity index is 680.